The number of pyridine rings is 1. The topological polar surface area (TPSA) is 46.2 Å². The molecule has 1 unspecified atom stereocenters. The highest BCUT2D eigenvalue weighted by Gasteiger charge is 2.15. The molecule has 1 aliphatic heterocycles. The lowest BCUT2D eigenvalue weighted by atomic mass is 10.1. The molecule has 2 aromatic rings. The lowest BCUT2D eigenvalue weighted by Crippen LogP contribution is -2.29. The van der Waals surface area contributed by atoms with Crippen LogP contribution in [0.5, 0.6) is 5.75 Å². The largest absolute Gasteiger partial charge is 0.496 e. The second kappa shape index (κ2) is 5.45. The normalized spacial score (nSPS) is 18.7. The van der Waals surface area contributed by atoms with Gasteiger partial charge in [-0.05, 0) is 36.9 Å². The van der Waals surface area contributed by atoms with Crippen LogP contribution in [0, 0.1) is 0 Å². The van der Waals surface area contributed by atoms with E-state index in [0.29, 0.717) is 6.04 Å². The van der Waals surface area contributed by atoms with Crippen molar-refractivity contribution in [3.05, 3.63) is 30.5 Å². The van der Waals surface area contributed by atoms with Gasteiger partial charge in [0.25, 0.3) is 0 Å². The van der Waals surface area contributed by atoms with Gasteiger partial charge in [-0.15, -0.1) is 0 Å². The average Bonchev–Trinajstić information content (AvgIpc) is 2.97. The molecule has 2 N–H and O–H groups in total. The second-order valence-corrected chi connectivity index (χ2v) is 4.89. The quantitative estimate of drug-likeness (QED) is 0.883. The molecule has 0 radical (unpaired) electrons. The molecular formula is C15H19N3O. The van der Waals surface area contributed by atoms with Gasteiger partial charge in [-0.2, -0.15) is 0 Å². The van der Waals surface area contributed by atoms with Gasteiger partial charge in [-0.25, -0.2) is 4.98 Å². The van der Waals surface area contributed by atoms with Crippen molar-refractivity contribution in [2.24, 2.45) is 0 Å². The maximum atomic E-state index is 5.44. The number of hydrogen-bond acceptors (Lipinski definition) is 4. The van der Waals surface area contributed by atoms with E-state index in [1.165, 1.54) is 12.8 Å². The van der Waals surface area contributed by atoms with Gasteiger partial charge >= 0.3 is 0 Å². The molecule has 3 rings (SSSR count). The molecular weight excluding hydrogens is 238 g/mol. The number of rotatable bonds is 4. The number of fused-ring (bicyclic) bond motifs is 1. The standard InChI is InChI=1S/C15H19N3O/c1-19-13-6-2-4-11-7-9-17-15(14(11)13)18-10-12-5-3-8-16-12/h2,4,6-7,9,12,16H,3,5,8,10H2,1H3,(H,17,18). The third-order valence-corrected chi connectivity index (χ3v) is 3.65. The first-order valence-electron chi connectivity index (χ1n) is 6.77. The molecule has 1 saturated heterocycles. The molecule has 0 amide bonds. The predicted octanol–water partition coefficient (Wildman–Crippen LogP) is 2.41. The molecule has 2 heterocycles. The summed E-state index contributed by atoms with van der Waals surface area (Å²) < 4.78 is 5.44. The predicted molar refractivity (Wildman–Crippen MR) is 77.8 cm³/mol. The SMILES string of the molecule is COc1cccc2ccnc(NCC3CCCN3)c12. The minimum Gasteiger partial charge on any atom is -0.496 e. The molecule has 1 atom stereocenters. The fraction of sp³-hybridized carbons (Fsp3) is 0.400. The summed E-state index contributed by atoms with van der Waals surface area (Å²) in [5, 5.41) is 9.14. The minimum absolute atomic E-state index is 0.548. The zero-order valence-corrected chi connectivity index (χ0v) is 11.1. The van der Waals surface area contributed by atoms with Gasteiger partial charge in [0.2, 0.25) is 0 Å². The monoisotopic (exact) mass is 257 g/mol. The van der Waals surface area contributed by atoms with E-state index in [1.807, 2.05) is 24.4 Å². The van der Waals surface area contributed by atoms with E-state index in [9.17, 15) is 0 Å². The molecule has 1 aromatic heterocycles. The number of methoxy groups -OCH3 is 1. The van der Waals surface area contributed by atoms with E-state index < -0.39 is 0 Å². The average molecular weight is 257 g/mol. The maximum Gasteiger partial charge on any atom is 0.137 e. The Bertz CT molecular complexity index is 559. The van der Waals surface area contributed by atoms with Crippen LogP contribution >= 0.6 is 0 Å². The van der Waals surface area contributed by atoms with Gasteiger partial charge in [0.15, 0.2) is 0 Å². The number of ether oxygens (including phenoxy) is 1. The Balaban J connectivity index is 1.89. The summed E-state index contributed by atoms with van der Waals surface area (Å²) in [4.78, 5) is 4.46. The van der Waals surface area contributed by atoms with Crippen LogP contribution in [0.2, 0.25) is 0 Å². The Labute approximate surface area is 113 Å². The fourth-order valence-corrected chi connectivity index (χ4v) is 2.65. The van der Waals surface area contributed by atoms with E-state index in [0.717, 1.165) is 35.4 Å². The smallest absolute Gasteiger partial charge is 0.137 e. The summed E-state index contributed by atoms with van der Waals surface area (Å²) in [5.41, 5.74) is 0. The summed E-state index contributed by atoms with van der Waals surface area (Å²) in [6.45, 7) is 2.03. The van der Waals surface area contributed by atoms with Gasteiger partial charge in [-0.3, -0.25) is 0 Å². The van der Waals surface area contributed by atoms with Crippen molar-refractivity contribution in [3.8, 4) is 5.75 Å². The van der Waals surface area contributed by atoms with E-state index in [-0.39, 0.29) is 0 Å². The Hall–Kier alpha value is -1.81. The van der Waals surface area contributed by atoms with Crippen LogP contribution in [0.4, 0.5) is 5.82 Å². The zero-order chi connectivity index (χ0) is 13.1. The summed E-state index contributed by atoms with van der Waals surface area (Å²) in [6.07, 6.45) is 4.33. The first-order valence-corrected chi connectivity index (χ1v) is 6.77. The van der Waals surface area contributed by atoms with E-state index in [2.05, 4.69) is 21.7 Å². The van der Waals surface area contributed by atoms with Crippen LogP contribution in [0.1, 0.15) is 12.8 Å². The van der Waals surface area contributed by atoms with E-state index in [1.54, 1.807) is 7.11 Å². The molecule has 4 nitrogen and oxygen atoms in total. The van der Waals surface area contributed by atoms with Crippen LogP contribution in [-0.2, 0) is 0 Å². The molecule has 0 saturated carbocycles. The summed E-state index contributed by atoms with van der Waals surface area (Å²) in [5.74, 6) is 1.77. The number of nitrogens with zero attached hydrogens (tertiary/aromatic N) is 1. The third-order valence-electron chi connectivity index (χ3n) is 3.65. The number of aromatic nitrogens is 1. The third kappa shape index (κ3) is 2.49. The molecule has 0 bridgehead atoms. The molecule has 0 spiro atoms. The van der Waals surface area contributed by atoms with Crippen molar-refractivity contribution < 1.29 is 4.74 Å². The minimum atomic E-state index is 0.548. The maximum absolute atomic E-state index is 5.44. The van der Waals surface area contributed by atoms with E-state index in [4.69, 9.17) is 4.74 Å². The summed E-state index contributed by atoms with van der Waals surface area (Å²) >= 11 is 0. The molecule has 1 aliphatic rings. The Kier molecular flexibility index (Phi) is 3.51. The van der Waals surface area contributed by atoms with Crippen LogP contribution in [0.3, 0.4) is 0 Å². The lowest BCUT2D eigenvalue weighted by Gasteiger charge is -2.15. The Morgan fingerprint density at radius 3 is 3.16 bits per heavy atom. The summed E-state index contributed by atoms with van der Waals surface area (Å²) in [7, 11) is 1.70. The number of benzene rings is 1. The number of hydrogen-bond donors (Lipinski definition) is 2. The van der Waals surface area contributed by atoms with Crippen molar-refractivity contribution in [1.82, 2.24) is 10.3 Å². The first kappa shape index (κ1) is 12.2. The van der Waals surface area contributed by atoms with Crippen molar-refractivity contribution in [3.63, 3.8) is 0 Å². The van der Waals surface area contributed by atoms with E-state index >= 15 is 0 Å². The Morgan fingerprint density at radius 2 is 2.37 bits per heavy atom. The molecule has 4 heteroatoms. The summed E-state index contributed by atoms with van der Waals surface area (Å²) in [6, 6.07) is 8.62. The van der Waals surface area contributed by atoms with Crippen molar-refractivity contribution in [2.45, 2.75) is 18.9 Å². The van der Waals surface area contributed by atoms with Crippen LogP contribution in [-0.4, -0.2) is 31.2 Å². The highest BCUT2D eigenvalue weighted by Crippen LogP contribution is 2.30. The lowest BCUT2D eigenvalue weighted by molar-refractivity contribution is 0.420. The fourth-order valence-electron chi connectivity index (χ4n) is 2.65. The zero-order valence-electron chi connectivity index (χ0n) is 11.1. The highest BCUT2D eigenvalue weighted by atomic mass is 16.5. The van der Waals surface area contributed by atoms with Gasteiger partial charge in [0.05, 0.1) is 12.5 Å². The molecule has 19 heavy (non-hydrogen) atoms. The molecule has 0 aliphatic carbocycles. The number of anilines is 1. The van der Waals surface area contributed by atoms with Gasteiger partial charge < -0.3 is 15.4 Å². The van der Waals surface area contributed by atoms with Crippen molar-refractivity contribution in [1.29, 1.82) is 0 Å². The Morgan fingerprint density at radius 1 is 1.42 bits per heavy atom. The number of nitrogens with one attached hydrogen (secondary N) is 2. The van der Waals surface area contributed by atoms with Crippen LogP contribution < -0.4 is 15.4 Å². The van der Waals surface area contributed by atoms with Gasteiger partial charge in [0.1, 0.15) is 11.6 Å². The molecule has 1 aromatic carbocycles. The van der Waals surface area contributed by atoms with Gasteiger partial charge in [0, 0.05) is 18.8 Å². The van der Waals surface area contributed by atoms with Gasteiger partial charge in [-0.1, -0.05) is 12.1 Å². The van der Waals surface area contributed by atoms with Crippen molar-refractivity contribution in [2.75, 3.05) is 25.5 Å². The van der Waals surface area contributed by atoms with Crippen LogP contribution in [0.15, 0.2) is 30.5 Å². The highest BCUT2D eigenvalue weighted by molar-refractivity contribution is 5.96. The second-order valence-electron chi connectivity index (χ2n) is 4.89. The first-order chi connectivity index (χ1) is 9.38. The van der Waals surface area contributed by atoms with Crippen LogP contribution in [0.25, 0.3) is 10.8 Å². The molecule has 1 fully saturated rings. The van der Waals surface area contributed by atoms with Crippen molar-refractivity contribution >= 4 is 16.6 Å². The molecule has 100 valence electrons.